The van der Waals surface area contributed by atoms with Crippen molar-refractivity contribution in [2.75, 3.05) is 0 Å². The first-order valence-electron chi connectivity index (χ1n) is 21.4. The Morgan fingerprint density at radius 1 is 0.355 bits per heavy atom. The number of rotatable bonds is 5. The van der Waals surface area contributed by atoms with Crippen molar-refractivity contribution in [3.05, 3.63) is 235 Å². The van der Waals surface area contributed by atoms with Gasteiger partial charge in [-0.25, -0.2) is 9.97 Å². The lowest BCUT2D eigenvalue weighted by Gasteiger charge is -2.18. The number of hydrogen-bond donors (Lipinski definition) is 0. The van der Waals surface area contributed by atoms with E-state index in [1.54, 1.807) is 0 Å². The van der Waals surface area contributed by atoms with Crippen LogP contribution in [0.3, 0.4) is 0 Å². The summed E-state index contributed by atoms with van der Waals surface area (Å²) in [6.07, 6.45) is 0. The predicted molar refractivity (Wildman–Crippen MR) is 258 cm³/mol. The highest BCUT2D eigenvalue weighted by molar-refractivity contribution is 6.11. The van der Waals surface area contributed by atoms with Crippen molar-refractivity contribution in [1.29, 1.82) is 0 Å². The van der Waals surface area contributed by atoms with Crippen molar-refractivity contribution in [2.24, 2.45) is 0 Å². The minimum atomic E-state index is 0.184. The molecular weight excluding hydrogens is 751 g/mol. The maximum Gasteiger partial charge on any atom is 0.235 e. The van der Waals surface area contributed by atoms with Gasteiger partial charge in [-0.2, -0.15) is 0 Å². The zero-order chi connectivity index (χ0) is 40.7. The van der Waals surface area contributed by atoms with Crippen LogP contribution in [0.25, 0.3) is 105 Å². The number of nitrogens with zero attached hydrogens (tertiary/aromatic N) is 3. The van der Waals surface area contributed by atoms with Crippen LogP contribution in [0.1, 0.15) is 22.6 Å². The fraction of sp³-hybridized carbons (Fsp3) is 0.0169. The summed E-state index contributed by atoms with van der Waals surface area (Å²) in [4.78, 5) is 10.5. The average molecular weight is 788 g/mol. The molecule has 3 heteroatoms. The van der Waals surface area contributed by atoms with E-state index < -0.39 is 0 Å². The zero-order valence-corrected chi connectivity index (χ0v) is 33.7. The molecule has 2 aromatic heterocycles. The fourth-order valence-corrected chi connectivity index (χ4v) is 10.3. The largest absolute Gasteiger partial charge is 0.278 e. The first kappa shape index (κ1) is 34.7. The highest BCUT2D eigenvalue weighted by Crippen LogP contribution is 2.52. The smallest absolute Gasteiger partial charge is 0.235 e. The summed E-state index contributed by atoms with van der Waals surface area (Å²) in [5, 5.41) is 8.39. The van der Waals surface area contributed by atoms with E-state index in [4.69, 9.17) is 9.97 Å². The molecule has 0 spiro atoms. The molecule has 1 unspecified atom stereocenters. The number of benzene rings is 10. The topological polar surface area (TPSA) is 30.7 Å². The normalized spacial score (nSPS) is 13.3. The molecule has 13 rings (SSSR count). The highest BCUT2D eigenvalue weighted by atomic mass is 15.2. The summed E-state index contributed by atoms with van der Waals surface area (Å²) in [7, 11) is 0. The van der Waals surface area contributed by atoms with Crippen LogP contribution in [0.5, 0.6) is 0 Å². The van der Waals surface area contributed by atoms with Crippen LogP contribution >= 0.6 is 0 Å². The van der Waals surface area contributed by atoms with E-state index in [-0.39, 0.29) is 5.92 Å². The molecule has 0 aliphatic heterocycles. The van der Waals surface area contributed by atoms with Crippen LogP contribution < -0.4 is 0 Å². The highest BCUT2D eigenvalue weighted by Gasteiger charge is 2.32. The molecule has 62 heavy (non-hydrogen) atoms. The molecule has 0 saturated carbocycles. The van der Waals surface area contributed by atoms with Crippen LogP contribution in [0.4, 0.5) is 0 Å². The van der Waals surface area contributed by atoms with Gasteiger partial charge < -0.3 is 0 Å². The Hall–Kier alpha value is -8.14. The minimum absolute atomic E-state index is 0.184. The van der Waals surface area contributed by atoms with E-state index in [2.05, 4.69) is 217 Å². The van der Waals surface area contributed by atoms with E-state index in [0.29, 0.717) is 5.95 Å². The summed E-state index contributed by atoms with van der Waals surface area (Å²) in [6, 6.07) is 79.4. The first-order valence-corrected chi connectivity index (χ1v) is 21.4. The molecule has 1 aliphatic rings. The lowest BCUT2D eigenvalue weighted by atomic mass is 9.85. The SMILES string of the molecule is c1ccc(-c2nc(-n3c4ccccc4c4ccc(-c5ccc6cc(-c7cc8c(c9ccccc79)-c7ccccc7C8c7ccccc7)ccc6c5)cc43)nc3ccccc23)cc1. The van der Waals surface area contributed by atoms with E-state index >= 15 is 0 Å². The Kier molecular flexibility index (Phi) is 7.67. The Bertz CT molecular complexity index is 3750. The van der Waals surface area contributed by atoms with E-state index in [1.807, 2.05) is 6.07 Å². The number of fused-ring (bicyclic) bond motifs is 10. The molecule has 0 saturated heterocycles. The van der Waals surface area contributed by atoms with Crippen LogP contribution in [0, 0.1) is 0 Å². The van der Waals surface area contributed by atoms with Gasteiger partial charge in [0.2, 0.25) is 5.95 Å². The average Bonchev–Trinajstić information content (AvgIpc) is 3.86. The summed E-state index contributed by atoms with van der Waals surface area (Å²) in [6.45, 7) is 0. The van der Waals surface area contributed by atoms with Crippen molar-refractivity contribution in [2.45, 2.75) is 5.92 Å². The first-order chi connectivity index (χ1) is 30.7. The van der Waals surface area contributed by atoms with Crippen molar-refractivity contribution >= 4 is 54.3 Å². The second kappa shape index (κ2) is 13.7. The second-order valence-electron chi connectivity index (χ2n) is 16.5. The number of para-hydroxylation sites is 2. The summed E-state index contributed by atoms with van der Waals surface area (Å²) in [5.74, 6) is 0.846. The van der Waals surface area contributed by atoms with Crippen molar-refractivity contribution in [1.82, 2.24) is 14.5 Å². The Balaban J connectivity index is 0.940. The fourth-order valence-electron chi connectivity index (χ4n) is 10.3. The van der Waals surface area contributed by atoms with Crippen LogP contribution in [0.15, 0.2) is 218 Å². The van der Waals surface area contributed by atoms with E-state index in [9.17, 15) is 0 Å². The van der Waals surface area contributed by atoms with Gasteiger partial charge in [-0.05, 0) is 108 Å². The van der Waals surface area contributed by atoms with Crippen molar-refractivity contribution < 1.29 is 0 Å². The van der Waals surface area contributed by atoms with Gasteiger partial charge in [-0.15, -0.1) is 0 Å². The monoisotopic (exact) mass is 787 g/mol. The van der Waals surface area contributed by atoms with Gasteiger partial charge in [0.15, 0.2) is 0 Å². The van der Waals surface area contributed by atoms with Crippen LogP contribution in [-0.4, -0.2) is 14.5 Å². The van der Waals surface area contributed by atoms with Crippen LogP contribution in [0.2, 0.25) is 0 Å². The molecular formula is C59H37N3. The molecule has 10 aromatic carbocycles. The molecule has 2 heterocycles. The van der Waals surface area contributed by atoms with E-state index in [0.717, 1.165) is 38.8 Å². The molecule has 0 radical (unpaired) electrons. The van der Waals surface area contributed by atoms with Gasteiger partial charge in [0, 0.05) is 27.6 Å². The van der Waals surface area contributed by atoms with Gasteiger partial charge in [-0.3, -0.25) is 4.57 Å². The Morgan fingerprint density at radius 2 is 0.968 bits per heavy atom. The van der Waals surface area contributed by atoms with Crippen molar-refractivity contribution in [3.8, 4) is 50.6 Å². The third kappa shape index (κ3) is 5.32. The Morgan fingerprint density at radius 3 is 1.81 bits per heavy atom. The molecule has 12 aromatic rings. The predicted octanol–water partition coefficient (Wildman–Crippen LogP) is 15.2. The number of hydrogen-bond acceptors (Lipinski definition) is 2. The molecule has 1 atom stereocenters. The van der Waals surface area contributed by atoms with Gasteiger partial charge in [0.25, 0.3) is 0 Å². The standard InChI is InChI=1S/C59H37N3/c1-3-15-37(16-4-1)56-48-22-9-10-23-49(48)57-47-21-8-7-19-44(47)51(36-52(56)57)43-30-29-39-33-40(27-28-41(39)34-43)42-31-32-46-45-20-12-14-26-54(45)62(55(46)35-42)59-60-53-25-13-11-24-50(53)58(61-59)38-17-5-2-6-18-38/h1-36,56H. The van der Waals surface area contributed by atoms with E-state index in [1.165, 1.54) is 76.8 Å². The summed E-state index contributed by atoms with van der Waals surface area (Å²) < 4.78 is 2.24. The van der Waals surface area contributed by atoms with Gasteiger partial charge in [-0.1, -0.05) is 182 Å². The van der Waals surface area contributed by atoms with Gasteiger partial charge in [0.1, 0.15) is 0 Å². The summed E-state index contributed by atoms with van der Waals surface area (Å²) >= 11 is 0. The zero-order valence-electron chi connectivity index (χ0n) is 33.7. The minimum Gasteiger partial charge on any atom is -0.278 e. The molecule has 288 valence electrons. The molecule has 3 nitrogen and oxygen atoms in total. The van der Waals surface area contributed by atoms with Crippen molar-refractivity contribution in [3.63, 3.8) is 0 Å². The third-order valence-electron chi connectivity index (χ3n) is 13.1. The molecule has 0 fully saturated rings. The molecule has 0 bridgehead atoms. The second-order valence-corrected chi connectivity index (χ2v) is 16.5. The van der Waals surface area contributed by atoms with Gasteiger partial charge in [0.05, 0.1) is 22.2 Å². The summed E-state index contributed by atoms with van der Waals surface area (Å²) in [5.41, 5.74) is 16.7. The lowest BCUT2D eigenvalue weighted by Crippen LogP contribution is -2.03. The maximum atomic E-state index is 5.31. The molecule has 1 aliphatic carbocycles. The lowest BCUT2D eigenvalue weighted by molar-refractivity contribution is 1.01. The van der Waals surface area contributed by atoms with Gasteiger partial charge >= 0.3 is 0 Å². The third-order valence-corrected chi connectivity index (χ3v) is 13.1. The number of aromatic nitrogens is 3. The molecule has 0 amide bonds. The van der Waals surface area contributed by atoms with Crippen LogP contribution in [-0.2, 0) is 0 Å². The maximum absolute atomic E-state index is 5.31. The quantitative estimate of drug-likeness (QED) is 0.174. The molecule has 0 N–H and O–H groups in total. The Labute approximate surface area is 358 Å².